The smallest absolute Gasteiger partial charge is 0.232 e. The number of piperidine rings is 1. The summed E-state index contributed by atoms with van der Waals surface area (Å²) in [5.41, 5.74) is 3.82. The van der Waals surface area contributed by atoms with Crippen LogP contribution in [-0.4, -0.2) is 35.3 Å². The van der Waals surface area contributed by atoms with E-state index in [1.165, 1.54) is 24.0 Å². The van der Waals surface area contributed by atoms with Crippen molar-refractivity contribution in [3.63, 3.8) is 0 Å². The molecule has 2 N–H and O–H groups in total. The van der Waals surface area contributed by atoms with E-state index in [-0.39, 0.29) is 0 Å². The number of ether oxygens (including phenoxy) is 1. The summed E-state index contributed by atoms with van der Waals surface area (Å²) < 4.78 is 5.23. The summed E-state index contributed by atoms with van der Waals surface area (Å²) in [4.78, 5) is 14.4. The molecular weight excluding hydrogens is 456 g/mol. The molecule has 0 amide bonds. The Morgan fingerprint density at radius 2 is 1.71 bits per heavy atom. The van der Waals surface area contributed by atoms with Gasteiger partial charge in [-0.2, -0.15) is 9.97 Å². The van der Waals surface area contributed by atoms with Crippen LogP contribution in [-0.2, 0) is 19.6 Å². The Labute approximate surface area is 212 Å². The van der Waals surface area contributed by atoms with Crippen molar-refractivity contribution < 1.29 is 4.74 Å². The van der Waals surface area contributed by atoms with Crippen LogP contribution in [0, 0.1) is 5.92 Å². The molecule has 0 saturated carbocycles. The van der Waals surface area contributed by atoms with Crippen LogP contribution in [0.4, 0.5) is 17.6 Å². The number of hydrogen-bond acceptors (Lipinski definition) is 6. The molecule has 1 atom stereocenters. The van der Waals surface area contributed by atoms with Crippen LogP contribution in [0.2, 0.25) is 0 Å². The fourth-order valence-electron chi connectivity index (χ4n) is 4.77. The van der Waals surface area contributed by atoms with Crippen molar-refractivity contribution >= 4 is 34.9 Å². The van der Waals surface area contributed by atoms with E-state index in [1.54, 1.807) is 7.11 Å². The zero-order valence-corrected chi connectivity index (χ0v) is 21.1. The molecule has 0 unspecified atom stereocenters. The Balaban J connectivity index is 1.33. The minimum atomic E-state index is 0.501. The van der Waals surface area contributed by atoms with Crippen LogP contribution in [0.15, 0.2) is 54.6 Å². The fourth-order valence-corrected chi connectivity index (χ4v) is 4.93. The van der Waals surface area contributed by atoms with Crippen LogP contribution in [0.3, 0.4) is 0 Å². The van der Waals surface area contributed by atoms with Gasteiger partial charge in [-0.05, 0) is 59.8 Å². The Kier molecular flexibility index (Phi) is 6.99. The monoisotopic (exact) mass is 488 g/mol. The number of thiocarbonyl (C=S) groups is 1. The molecule has 0 radical (unpaired) electrons. The third kappa shape index (κ3) is 5.65. The first-order valence-corrected chi connectivity index (χ1v) is 12.6. The van der Waals surface area contributed by atoms with Crippen molar-refractivity contribution in [1.29, 1.82) is 0 Å². The van der Waals surface area contributed by atoms with Crippen molar-refractivity contribution in [2.24, 2.45) is 5.92 Å². The van der Waals surface area contributed by atoms with Crippen LogP contribution in [0.5, 0.6) is 5.75 Å². The third-order valence-corrected chi connectivity index (χ3v) is 6.93. The lowest BCUT2D eigenvalue weighted by Crippen LogP contribution is -2.35. The van der Waals surface area contributed by atoms with Gasteiger partial charge >= 0.3 is 0 Å². The summed E-state index contributed by atoms with van der Waals surface area (Å²) in [6, 6.07) is 18.6. The summed E-state index contributed by atoms with van der Waals surface area (Å²) in [5, 5.41) is 7.00. The van der Waals surface area contributed by atoms with Gasteiger partial charge in [-0.15, -0.1) is 0 Å². The number of methoxy groups -OCH3 is 1. The van der Waals surface area contributed by atoms with Gasteiger partial charge in [0.05, 0.1) is 7.11 Å². The first kappa shape index (κ1) is 23.4. The van der Waals surface area contributed by atoms with E-state index in [1.807, 2.05) is 24.3 Å². The first-order valence-electron chi connectivity index (χ1n) is 12.2. The van der Waals surface area contributed by atoms with Gasteiger partial charge in [-0.25, -0.2) is 0 Å². The zero-order valence-electron chi connectivity index (χ0n) is 20.3. The van der Waals surface area contributed by atoms with Gasteiger partial charge in [-0.3, -0.25) is 0 Å². The van der Waals surface area contributed by atoms with E-state index >= 15 is 0 Å². The highest BCUT2D eigenvalue weighted by molar-refractivity contribution is 7.80. The van der Waals surface area contributed by atoms with Gasteiger partial charge in [-0.1, -0.05) is 43.3 Å². The minimum absolute atomic E-state index is 0.501. The van der Waals surface area contributed by atoms with Crippen LogP contribution in [0.25, 0.3) is 0 Å². The van der Waals surface area contributed by atoms with Crippen LogP contribution in [0.1, 0.15) is 36.5 Å². The van der Waals surface area contributed by atoms with Gasteiger partial charge in [0.15, 0.2) is 5.11 Å². The summed E-state index contributed by atoms with van der Waals surface area (Å²) in [5.74, 6) is 3.90. The molecule has 8 heteroatoms. The third-order valence-electron chi connectivity index (χ3n) is 6.68. The van der Waals surface area contributed by atoms with E-state index < -0.39 is 0 Å². The second-order valence-electron chi connectivity index (χ2n) is 9.38. The predicted molar refractivity (Wildman–Crippen MR) is 145 cm³/mol. The molecule has 3 heterocycles. The Morgan fingerprint density at radius 1 is 1.03 bits per heavy atom. The number of hydrogen-bond donors (Lipinski definition) is 2. The summed E-state index contributed by atoms with van der Waals surface area (Å²) in [6.07, 6.45) is 2.45. The molecular formula is C27H32N6OS. The molecule has 3 aromatic rings. The maximum atomic E-state index is 5.58. The van der Waals surface area contributed by atoms with Crippen molar-refractivity contribution in [3.05, 3.63) is 71.3 Å². The largest absolute Gasteiger partial charge is 0.497 e. The number of benzene rings is 2. The lowest BCUT2D eigenvalue weighted by molar-refractivity contribution is 0.414. The number of fused-ring (bicyclic) bond motifs is 1. The Hall–Kier alpha value is -3.39. The Morgan fingerprint density at radius 3 is 2.37 bits per heavy atom. The van der Waals surface area contributed by atoms with E-state index in [0.717, 1.165) is 49.1 Å². The number of nitrogens with zero attached hydrogens (tertiary/aromatic N) is 4. The maximum absolute atomic E-state index is 5.58. The molecule has 1 saturated heterocycles. The van der Waals surface area contributed by atoms with Crippen molar-refractivity contribution in [1.82, 2.24) is 15.3 Å². The quantitative estimate of drug-likeness (QED) is 0.483. The highest BCUT2D eigenvalue weighted by Gasteiger charge is 2.24. The highest BCUT2D eigenvalue weighted by atomic mass is 32.1. The number of anilines is 3. The standard InChI is InChI=1S/C27H32N6OS/c1-19-6-5-13-32(16-19)24-14-25(33-17-21-7-3-4-8-22(21)18-33)30-26(29-24)31-27(35)28-15-20-9-11-23(34-2)12-10-20/h3-4,7-12,14,19H,5-6,13,15-18H2,1-2H3,(H2,28,29,30,31,35)/t19-/m1/s1. The molecule has 1 fully saturated rings. The summed E-state index contributed by atoms with van der Waals surface area (Å²) in [6.45, 7) is 6.64. The lowest BCUT2D eigenvalue weighted by Gasteiger charge is -2.32. The molecule has 35 heavy (non-hydrogen) atoms. The van der Waals surface area contributed by atoms with Crippen molar-refractivity contribution in [2.45, 2.75) is 39.4 Å². The van der Waals surface area contributed by atoms with Crippen LogP contribution >= 0.6 is 12.2 Å². The normalized spacial score (nSPS) is 17.1. The second-order valence-corrected chi connectivity index (χ2v) is 9.79. The predicted octanol–water partition coefficient (Wildman–Crippen LogP) is 4.73. The summed E-state index contributed by atoms with van der Waals surface area (Å²) in [7, 11) is 1.67. The van der Waals surface area contributed by atoms with E-state index in [4.69, 9.17) is 26.9 Å². The maximum Gasteiger partial charge on any atom is 0.232 e. The average Bonchev–Trinajstić information content (AvgIpc) is 3.32. The average molecular weight is 489 g/mol. The lowest BCUT2D eigenvalue weighted by atomic mass is 10.0. The topological polar surface area (TPSA) is 65.6 Å². The first-order chi connectivity index (χ1) is 17.1. The van der Waals surface area contributed by atoms with Crippen LogP contribution < -0.4 is 25.2 Å². The van der Waals surface area contributed by atoms with Gasteiger partial charge in [0.2, 0.25) is 5.95 Å². The molecule has 0 spiro atoms. The van der Waals surface area contributed by atoms with Crippen molar-refractivity contribution in [3.8, 4) is 5.75 Å². The molecule has 5 rings (SSSR count). The molecule has 2 aliphatic rings. The van der Waals surface area contributed by atoms with Gasteiger partial charge in [0.1, 0.15) is 17.4 Å². The van der Waals surface area contributed by atoms with Crippen molar-refractivity contribution in [2.75, 3.05) is 35.3 Å². The van der Waals surface area contributed by atoms with E-state index in [9.17, 15) is 0 Å². The molecule has 182 valence electrons. The van der Waals surface area contributed by atoms with Gasteiger partial charge in [0, 0.05) is 38.8 Å². The zero-order chi connectivity index (χ0) is 24.2. The number of nitrogens with one attached hydrogen (secondary N) is 2. The second kappa shape index (κ2) is 10.5. The van der Waals surface area contributed by atoms with Gasteiger partial charge < -0.3 is 25.2 Å². The molecule has 2 aromatic carbocycles. The molecule has 0 aliphatic carbocycles. The SMILES string of the molecule is COc1ccc(CNC(=S)Nc2nc(N3Cc4ccccc4C3)cc(N3CCC[C@@H](C)C3)n2)cc1. The molecule has 2 aliphatic heterocycles. The summed E-state index contributed by atoms with van der Waals surface area (Å²) >= 11 is 5.58. The molecule has 7 nitrogen and oxygen atoms in total. The minimum Gasteiger partial charge on any atom is -0.497 e. The molecule has 0 bridgehead atoms. The number of aromatic nitrogens is 2. The number of rotatable bonds is 6. The fraction of sp³-hybridized carbons (Fsp3) is 0.370. The highest BCUT2D eigenvalue weighted by Crippen LogP contribution is 2.31. The van der Waals surface area contributed by atoms with E-state index in [2.05, 4.69) is 57.7 Å². The Bertz CT molecular complexity index is 1160. The van der Waals surface area contributed by atoms with E-state index in [0.29, 0.717) is 23.5 Å². The molecule has 1 aromatic heterocycles. The van der Waals surface area contributed by atoms with Gasteiger partial charge in [0.25, 0.3) is 0 Å².